The van der Waals surface area contributed by atoms with E-state index in [1.165, 1.54) is 0 Å². The monoisotopic (exact) mass is 196 g/mol. The Hall–Kier alpha value is -0.637. The van der Waals surface area contributed by atoms with Crippen LogP contribution in [0.5, 0.6) is 0 Å². The Labute approximate surface area is 67.7 Å². The van der Waals surface area contributed by atoms with E-state index < -0.39 is 10.7 Å². The van der Waals surface area contributed by atoms with Crippen LogP contribution in [0.25, 0.3) is 0 Å². The van der Waals surface area contributed by atoms with E-state index in [4.69, 9.17) is 0 Å². The zero-order valence-corrected chi connectivity index (χ0v) is 8.51. The Bertz CT molecular complexity index is 137. The van der Waals surface area contributed by atoms with Crippen molar-refractivity contribution in [3.63, 3.8) is 0 Å². The minimum atomic E-state index is -0.746. The van der Waals surface area contributed by atoms with Gasteiger partial charge in [-0.25, -0.2) is 0 Å². The maximum absolute atomic E-state index is 10.4. The molecule has 0 fully saturated rings. The Morgan fingerprint density at radius 3 is 2.60 bits per heavy atom. The average Bonchev–Trinajstić information content (AvgIpc) is 1.85. The van der Waals surface area contributed by atoms with Gasteiger partial charge in [0.15, 0.2) is 0 Å². The van der Waals surface area contributed by atoms with E-state index in [9.17, 15) is 9.59 Å². The molecule has 0 aromatic rings. The molecular weight excluding hydrogens is 191 g/mol. The third kappa shape index (κ3) is 5.50. The molecule has 0 radical (unpaired) electrons. The Morgan fingerprint density at radius 2 is 2.20 bits per heavy atom. The van der Waals surface area contributed by atoms with Gasteiger partial charge in [0.05, 0.1) is 0 Å². The quantitative estimate of drug-likeness (QED) is 0.486. The van der Waals surface area contributed by atoms with Crippen molar-refractivity contribution in [2.75, 3.05) is 6.61 Å². The van der Waals surface area contributed by atoms with Crippen LogP contribution in [0.1, 0.15) is 6.92 Å². The first-order valence-corrected chi connectivity index (χ1v) is 4.10. The van der Waals surface area contributed by atoms with Gasteiger partial charge < -0.3 is 0 Å². The van der Waals surface area contributed by atoms with Crippen molar-refractivity contribution >= 4 is 10.7 Å². The molecule has 0 spiro atoms. The van der Waals surface area contributed by atoms with E-state index >= 15 is 0 Å². The van der Waals surface area contributed by atoms with Crippen molar-refractivity contribution in [3.8, 4) is 0 Å². The summed E-state index contributed by atoms with van der Waals surface area (Å²) in [5.74, 6) is 0. The molecule has 0 aliphatic rings. The first-order chi connectivity index (χ1) is 4.66. The van der Waals surface area contributed by atoms with Crippen molar-refractivity contribution in [1.82, 2.24) is 5.48 Å². The summed E-state index contributed by atoms with van der Waals surface area (Å²) in [6, 6.07) is 0. The summed E-state index contributed by atoms with van der Waals surface area (Å²) in [6.07, 6.45) is -0.746. The van der Waals surface area contributed by atoms with E-state index in [0.717, 1.165) is 0 Å². The molecule has 0 heterocycles. The van der Waals surface area contributed by atoms with Crippen molar-refractivity contribution < 1.29 is 37.5 Å². The maximum atomic E-state index is 10.4. The molecule has 0 unspecified atom stereocenters. The van der Waals surface area contributed by atoms with Crippen LogP contribution in [0, 0.1) is 0 Å². The predicted octanol–water partition coefficient (Wildman–Crippen LogP) is 0.331. The fourth-order valence-electron chi connectivity index (χ4n) is 0.259. The van der Waals surface area contributed by atoms with Gasteiger partial charge in [-0.2, -0.15) is 0 Å². The summed E-state index contributed by atoms with van der Waals surface area (Å²) in [6.45, 7) is 1.91. The summed E-state index contributed by atoms with van der Waals surface area (Å²) < 4.78 is 3.91. The molecule has 0 aliphatic heterocycles. The van der Waals surface area contributed by atoms with Crippen LogP contribution in [0.15, 0.2) is 0 Å². The first kappa shape index (κ1) is 9.36. The number of carbonyl (C=O) groups excluding carboxylic acids is 2. The molecule has 0 saturated carbocycles. The van der Waals surface area contributed by atoms with E-state index in [1.807, 2.05) is 0 Å². The molecule has 1 amide bonds. The molecule has 0 aliphatic carbocycles. The summed E-state index contributed by atoms with van der Waals surface area (Å²) in [7, 11) is 0. The zero-order chi connectivity index (χ0) is 7.98. The van der Waals surface area contributed by atoms with Crippen LogP contribution < -0.4 is 5.48 Å². The fourth-order valence-corrected chi connectivity index (χ4v) is 0.411. The van der Waals surface area contributed by atoms with Crippen molar-refractivity contribution in [3.05, 3.63) is 0 Å². The number of rotatable bonds is 1. The van der Waals surface area contributed by atoms with Gasteiger partial charge in [-0.3, -0.25) is 0 Å². The summed E-state index contributed by atoms with van der Waals surface area (Å²) in [4.78, 5) is 24.6. The SMILES string of the molecule is CCOC(=O)NO[C](=O)[Zn]. The summed E-state index contributed by atoms with van der Waals surface area (Å²) in [5, 5.41) is 0. The average molecular weight is 197 g/mol. The van der Waals surface area contributed by atoms with E-state index in [2.05, 4.69) is 9.57 Å². The molecule has 1 N–H and O–H groups in total. The Morgan fingerprint density at radius 1 is 1.60 bits per heavy atom. The number of hydrogen-bond donors (Lipinski definition) is 1. The van der Waals surface area contributed by atoms with Gasteiger partial charge in [-0.05, 0) is 0 Å². The summed E-state index contributed by atoms with van der Waals surface area (Å²) >= 11 is 0.340. The van der Waals surface area contributed by atoms with Crippen molar-refractivity contribution in [2.24, 2.45) is 0 Å². The topological polar surface area (TPSA) is 64.6 Å². The van der Waals surface area contributed by atoms with Gasteiger partial charge in [-0.1, -0.05) is 0 Å². The Balaban J connectivity index is 3.30. The molecule has 0 saturated heterocycles. The molecule has 0 aromatic carbocycles. The second-order valence-corrected chi connectivity index (χ2v) is 2.51. The van der Waals surface area contributed by atoms with Crippen LogP contribution in [0.3, 0.4) is 0 Å². The van der Waals surface area contributed by atoms with Crippen molar-refractivity contribution in [2.45, 2.75) is 6.92 Å². The number of carbonyl (C=O) groups is 2. The molecule has 5 nitrogen and oxygen atoms in total. The molecule has 6 heteroatoms. The van der Waals surface area contributed by atoms with Crippen LogP contribution in [-0.2, 0) is 27.9 Å². The van der Waals surface area contributed by atoms with E-state index in [1.54, 1.807) is 12.4 Å². The third-order valence-corrected chi connectivity index (χ3v) is 0.826. The molecule has 53 valence electrons. The van der Waals surface area contributed by atoms with Gasteiger partial charge in [-0.15, -0.1) is 0 Å². The van der Waals surface area contributed by atoms with Gasteiger partial charge >= 0.3 is 67.1 Å². The molecule has 0 rings (SSSR count). The van der Waals surface area contributed by atoms with E-state index in [-0.39, 0.29) is 6.61 Å². The van der Waals surface area contributed by atoms with E-state index in [0.29, 0.717) is 18.3 Å². The first-order valence-electron chi connectivity index (χ1n) is 2.62. The van der Waals surface area contributed by atoms with Gasteiger partial charge in [0.1, 0.15) is 0 Å². The molecule has 10 heavy (non-hydrogen) atoms. The third-order valence-electron chi connectivity index (χ3n) is 0.524. The molecule has 0 bridgehead atoms. The minimum absolute atomic E-state index is 0.253. The fraction of sp³-hybridized carbons (Fsp3) is 0.500. The summed E-state index contributed by atoms with van der Waals surface area (Å²) in [5.41, 5.74) is 1.80. The normalized spacial score (nSPS) is 8.30. The number of nitrogens with one attached hydrogen (secondary N) is 1. The Kier molecular flexibility index (Phi) is 4.84. The molecule has 0 aromatic heterocycles. The van der Waals surface area contributed by atoms with Crippen molar-refractivity contribution in [1.29, 1.82) is 0 Å². The zero-order valence-electron chi connectivity index (χ0n) is 5.55. The second-order valence-electron chi connectivity index (χ2n) is 1.30. The van der Waals surface area contributed by atoms with Crippen LogP contribution in [0.4, 0.5) is 9.59 Å². The predicted molar refractivity (Wildman–Crippen MR) is 26.6 cm³/mol. The number of hydrogen-bond acceptors (Lipinski definition) is 4. The van der Waals surface area contributed by atoms with Gasteiger partial charge in [0.2, 0.25) is 0 Å². The van der Waals surface area contributed by atoms with Gasteiger partial charge in [0, 0.05) is 0 Å². The number of hydroxylamine groups is 1. The van der Waals surface area contributed by atoms with Crippen LogP contribution in [-0.4, -0.2) is 17.3 Å². The standard InChI is InChI=1S/C4H6NO4.Zn/c1-2-8-4(7)5-9-3-6;/h2H2,1H3,(H,5,7);. The van der Waals surface area contributed by atoms with Crippen LogP contribution in [0.2, 0.25) is 0 Å². The molecular formula is C4H6NO4Zn. The van der Waals surface area contributed by atoms with Crippen LogP contribution >= 0.6 is 0 Å². The molecule has 0 atom stereocenters. The second kappa shape index (κ2) is 5.17. The number of amides is 1. The number of ether oxygens (including phenoxy) is 1. The van der Waals surface area contributed by atoms with Gasteiger partial charge in [0.25, 0.3) is 0 Å².